The van der Waals surface area contributed by atoms with Crippen LogP contribution in [0.4, 0.5) is 0 Å². The fourth-order valence-corrected chi connectivity index (χ4v) is 2.84. The molecule has 2 N–H and O–H groups in total. The number of aromatic nitrogens is 2. The summed E-state index contributed by atoms with van der Waals surface area (Å²) in [6, 6.07) is 10.9. The van der Waals surface area contributed by atoms with Gasteiger partial charge >= 0.3 is 0 Å². The Balaban J connectivity index is 1.65. The van der Waals surface area contributed by atoms with Gasteiger partial charge in [-0.3, -0.25) is 9.89 Å². The van der Waals surface area contributed by atoms with Gasteiger partial charge in [-0.25, -0.2) is 5.43 Å². The van der Waals surface area contributed by atoms with Crippen LogP contribution in [0.15, 0.2) is 46.9 Å². The average molecular weight is 356 g/mol. The molecule has 1 aromatic carbocycles. The Labute approximate surface area is 148 Å². The maximum Gasteiger partial charge on any atom is 0.291 e. The van der Waals surface area contributed by atoms with Gasteiger partial charge < -0.3 is 9.47 Å². The van der Waals surface area contributed by atoms with Crippen molar-refractivity contribution in [2.75, 3.05) is 14.2 Å². The SMILES string of the molecule is COc1ccc(C=NNC(=O)c2cc(-c3cccs3)[nH]n2)cc1OC. The molecule has 0 fully saturated rings. The summed E-state index contributed by atoms with van der Waals surface area (Å²) in [5, 5.41) is 12.8. The van der Waals surface area contributed by atoms with Crippen LogP contribution >= 0.6 is 11.3 Å². The van der Waals surface area contributed by atoms with Gasteiger partial charge in [-0.15, -0.1) is 11.3 Å². The van der Waals surface area contributed by atoms with E-state index in [0.717, 1.165) is 16.1 Å². The number of hydrogen-bond acceptors (Lipinski definition) is 6. The van der Waals surface area contributed by atoms with Crippen LogP contribution in [0.1, 0.15) is 16.1 Å². The van der Waals surface area contributed by atoms with Crippen molar-refractivity contribution in [2.24, 2.45) is 5.10 Å². The van der Waals surface area contributed by atoms with E-state index in [1.807, 2.05) is 17.5 Å². The number of rotatable bonds is 6. The van der Waals surface area contributed by atoms with Crippen LogP contribution in [0.5, 0.6) is 11.5 Å². The van der Waals surface area contributed by atoms with Crippen molar-refractivity contribution in [3.63, 3.8) is 0 Å². The molecular weight excluding hydrogens is 340 g/mol. The van der Waals surface area contributed by atoms with Gasteiger partial charge in [0.25, 0.3) is 5.91 Å². The summed E-state index contributed by atoms with van der Waals surface area (Å²) in [6.45, 7) is 0. The first-order valence-corrected chi connectivity index (χ1v) is 8.24. The highest BCUT2D eigenvalue weighted by atomic mass is 32.1. The summed E-state index contributed by atoms with van der Waals surface area (Å²) in [5.74, 6) is 0.822. The standard InChI is InChI=1S/C17H16N4O3S/c1-23-14-6-5-11(8-15(14)24-2)10-18-21-17(22)13-9-12(19-20-13)16-4-3-7-25-16/h3-10H,1-2H3,(H,19,20)(H,21,22). The average Bonchev–Trinajstić information content (AvgIpc) is 3.32. The van der Waals surface area contributed by atoms with Gasteiger partial charge in [0.15, 0.2) is 17.2 Å². The third kappa shape index (κ3) is 3.86. The molecule has 0 bridgehead atoms. The molecule has 0 saturated heterocycles. The van der Waals surface area contributed by atoms with E-state index in [9.17, 15) is 4.79 Å². The predicted molar refractivity (Wildman–Crippen MR) is 96.5 cm³/mol. The maximum atomic E-state index is 12.1. The number of benzene rings is 1. The predicted octanol–water partition coefficient (Wildman–Crippen LogP) is 2.92. The van der Waals surface area contributed by atoms with Crippen molar-refractivity contribution >= 4 is 23.5 Å². The largest absolute Gasteiger partial charge is 0.493 e. The second kappa shape index (κ2) is 7.63. The van der Waals surface area contributed by atoms with Gasteiger partial charge in [-0.1, -0.05) is 6.07 Å². The van der Waals surface area contributed by atoms with E-state index in [-0.39, 0.29) is 5.69 Å². The van der Waals surface area contributed by atoms with Crippen LogP contribution in [0.3, 0.4) is 0 Å². The highest BCUT2D eigenvalue weighted by Crippen LogP contribution is 2.27. The zero-order valence-corrected chi connectivity index (χ0v) is 14.5. The molecule has 128 valence electrons. The molecule has 2 heterocycles. The summed E-state index contributed by atoms with van der Waals surface area (Å²) in [4.78, 5) is 13.1. The molecular formula is C17H16N4O3S. The van der Waals surface area contributed by atoms with Crippen LogP contribution in [0, 0.1) is 0 Å². The quantitative estimate of drug-likeness (QED) is 0.525. The topological polar surface area (TPSA) is 88.6 Å². The Hall–Kier alpha value is -3.13. The number of methoxy groups -OCH3 is 2. The number of nitrogens with one attached hydrogen (secondary N) is 2. The molecule has 0 atom stereocenters. The summed E-state index contributed by atoms with van der Waals surface area (Å²) >= 11 is 1.57. The molecule has 0 unspecified atom stereocenters. The molecule has 0 spiro atoms. The molecule has 25 heavy (non-hydrogen) atoms. The lowest BCUT2D eigenvalue weighted by molar-refractivity contribution is 0.0950. The van der Waals surface area contributed by atoms with Crippen molar-refractivity contribution in [2.45, 2.75) is 0 Å². The smallest absolute Gasteiger partial charge is 0.291 e. The fourth-order valence-electron chi connectivity index (χ4n) is 2.15. The van der Waals surface area contributed by atoms with Gasteiger partial charge in [0.1, 0.15) is 0 Å². The number of thiophene rings is 1. The number of nitrogens with zero attached hydrogens (tertiary/aromatic N) is 2. The van der Waals surface area contributed by atoms with Crippen molar-refractivity contribution in [3.8, 4) is 22.1 Å². The molecule has 0 saturated carbocycles. The molecule has 1 amide bonds. The lowest BCUT2D eigenvalue weighted by atomic mass is 10.2. The number of carbonyl (C=O) groups is 1. The Kier molecular flexibility index (Phi) is 5.10. The Morgan fingerprint density at radius 2 is 2.08 bits per heavy atom. The first kappa shape index (κ1) is 16.7. The van der Waals surface area contributed by atoms with E-state index in [4.69, 9.17) is 9.47 Å². The summed E-state index contributed by atoms with van der Waals surface area (Å²) < 4.78 is 10.4. The Bertz CT molecular complexity index is 887. The number of amides is 1. The minimum absolute atomic E-state index is 0.271. The van der Waals surface area contributed by atoms with Crippen LogP contribution < -0.4 is 14.9 Å². The van der Waals surface area contributed by atoms with Crippen LogP contribution in [0.2, 0.25) is 0 Å². The van der Waals surface area contributed by atoms with Crippen molar-refractivity contribution < 1.29 is 14.3 Å². The third-order valence-corrected chi connectivity index (χ3v) is 4.29. The zero-order valence-electron chi connectivity index (χ0n) is 13.6. The highest BCUT2D eigenvalue weighted by Gasteiger charge is 2.11. The molecule has 0 aliphatic rings. The van der Waals surface area contributed by atoms with Gasteiger partial charge in [0.2, 0.25) is 0 Å². The number of H-pyrrole nitrogens is 1. The minimum atomic E-state index is -0.393. The molecule has 3 aromatic rings. The molecule has 3 rings (SSSR count). The lowest BCUT2D eigenvalue weighted by Crippen LogP contribution is -2.18. The third-order valence-electron chi connectivity index (χ3n) is 3.38. The highest BCUT2D eigenvalue weighted by molar-refractivity contribution is 7.13. The summed E-state index contributed by atoms with van der Waals surface area (Å²) in [5.41, 5.74) is 4.28. The van der Waals surface area contributed by atoms with E-state index in [1.165, 1.54) is 6.21 Å². The lowest BCUT2D eigenvalue weighted by Gasteiger charge is -2.07. The molecule has 0 aliphatic heterocycles. The number of hydrazone groups is 1. The van der Waals surface area contributed by atoms with E-state index >= 15 is 0 Å². The number of hydrogen-bond donors (Lipinski definition) is 2. The van der Waals surface area contributed by atoms with Crippen molar-refractivity contribution in [1.82, 2.24) is 15.6 Å². The van der Waals surface area contributed by atoms with E-state index in [2.05, 4.69) is 20.7 Å². The van der Waals surface area contributed by atoms with Gasteiger partial charge in [-0.05, 0) is 41.3 Å². The summed E-state index contributed by atoms with van der Waals surface area (Å²) in [7, 11) is 3.13. The number of ether oxygens (including phenoxy) is 2. The molecule has 7 nitrogen and oxygen atoms in total. The molecule has 0 radical (unpaired) electrons. The monoisotopic (exact) mass is 356 g/mol. The zero-order chi connectivity index (χ0) is 17.6. The van der Waals surface area contributed by atoms with Crippen molar-refractivity contribution in [1.29, 1.82) is 0 Å². The number of aromatic amines is 1. The summed E-state index contributed by atoms with van der Waals surface area (Å²) in [6.07, 6.45) is 1.52. The van der Waals surface area contributed by atoms with Crippen LogP contribution in [0.25, 0.3) is 10.6 Å². The fraction of sp³-hybridized carbons (Fsp3) is 0.118. The van der Waals surface area contributed by atoms with Crippen LogP contribution in [-0.2, 0) is 0 Å². The van der Waals surface area contributed by atoms with E-state index < -0.39 is 5.91 Å². The second-order valence-electron chi connectivity index (χ2n) is 4.96. The van der Waals surface area contributed by atoms with E-state index in [0.29, 0.717) is 11.5 Å². The molecule has 0 aliphatic carbocycles. The second-order valence-corrected chi connectivity index (χ2v) is 5.91. The first-order chi connectivity index (χ1) is 12.2. The van der Waals surface area contributed by atoms with Gasteiger partial charge in [-0.2, -0.15) is 10.2 Å². The minimum Gasteiger partial charge on any atom is -0.493 e. The maximum absolute atomic E-state index is 12.1. The van der Waals surface area contributed by atoms with Gasteiger partial charge in [0.05, 0.1) is 31.0 Å². The van der Waals surface area contributed by atoms with Crippen LogP contribution in [-0.4, -0.2) is 36.5 Å². The van der Waals surface area contributed by atoms with E-state index in [1.54, 1.807) is 49.8 Å². The Morgan fingerprint density at radius 3 is 2.80 bits per heavy atom. The number of carbonyl (C=O) groups excluding carboxylic acids is 1. The molecule has 2 aromatic heterocycles. The van der Waals surface area contributed by atoms with Crippen molar-refractivity contribution in [3.05, 3.63) is 53.0 Å². The normalized spacial score (nSPS) is 10.8. The van der Waals surface area contributed by atoms with Gasteiger partial charge in [0, 0.05) is 0 Å². The molecule has 8 heteroatoms. The Morgan fingerprint density at radius 1 is 1.24 bits per heavy atom. The first-order valence-electron chi connectivity index (χ1n) is 7.36.